The normalized spacial score (nSPS) is 21.0. The van der Waals surface area contributed by atoms with Gasteiger partial charge in [0.1, 0.15) is 16.2 Å². The number of fused-ring (bicyclic) bond motifs is 2. The molecule has 1 aliphatic carbocycles. The maximum Gasteiger partial charge on any atom is 0.348 e. The number of ether oxygens (including phenoxy) is 2. The van der Waals surface area contributed by atoms with Gasteiger partial charge >= 0.3 is 5.97 Å². The Hall–Kier alpha value is -2.73. The second-order valence-electron chi connectivity index (χ2n) is 6.82. The summed E-state index contributed by atoms with van der Waals surface area (Å²) in [6, 6.07) is 9.61. The summed E-state index contributed by atoms with van der Waals surface area (Å²) in [5, 5.41) is 0. The minimum Gasteiger partial charge on any atom is -0.481 e. The number of hydrogen-bond acceptors (Lipinski definition) is 6. The molecule has 1 unspecified atom stereocenters. The molecule has 0 saturated heterocycles. The molecule has 0 amide bonds. The van der Waals surface area contributed by atoms with Gasteiger partial charge in [-0.05, 0) is 31.9 Å². The standard InChI is InChI=1S/C21H18O5S/c1-4-25-20(24)18-11(2)14-16(23)15(22)13-10-21(3,12-8-6-5-7-9-12)26-17(13)19(14)27-18/h5-9H,4,10H2,1-3H3. The van der Waals surface area contributed by atoms with Crippen molar-refractivity contribution < 1.29 is 23.9 Å². The van der Waals surface area contributed by atoms with Crippen LogP contribution in [-0.2, 0) is 19.9 Å². The summed E-state index contributed by atoms with van der Waals surface area (Å²) in [5.41, 5.74) is 1.33. The first-order valence-corrected chi connectivity index (χ1v) is 9.56. The minimum atomic E-state index is -0.731. The van der Waals surface area contributed by atoms with Crippen LogP contribution in [0.3, 0.4) is 0 Å². The Labute approximate surface area is 160 Å². The van der Waals surface area contributed by atoms with Gasteiger partial charge in [0.2, 0.25) is 11.6 Å². The van der Waals surface area contributed by atoms with Crippen molar-refractivity contribution in [2.75, 3.05) is 6.61 Å². The number of esters is 1. The van der Waals surface area contributed by atoms with E-state index < -0.39 is 23.1 Å². The van der Waals surface area contributed by atoms with Gasteiger partial charge in [0.25, 0.3) is 0 Å². The van der Waals surface area contributed by atoms with E-state index in [0.29, 0.717) is 33.1 Å². The van der Waals surface area contributed by atoms with Crippen molar-refractivity contribution in [2.45, 2.75) is 32.8 Å². The quantitative estimate of drug-likeness (QED) is 0.592. The average Bonchev–Trinajstić information content (AvgIpc) is 3.20. The molecule has 0 radical (unpaired) electrons. The molecule has 2 aromatic rings. The summed E-state index contributed by atoms with van der Waals surface area (Å²) in [4.78, 5) is 38.6. The smallest absolute Gasteiger partial charge is 0.348 e. The molecule has 0 spiro atoms. The average molecular weight is 382 g/mol. The number of hydrogen-bond donors (Lipinski definition) is 0. The lowest BCUT2D eigenvalue weighted by Crippen LogP contribution is -2.23. The van der Waals surface area contributed by atoms with Gasteiger partial charge < -0.3 is 9.47 Å². The van der Waals surface area contributed by atoms with E-state index in [1.165, 1.54) is 0 Å². The van der Waals surface area contributed by atoms with E-state index in [4.69, 9.17) is 9.47 Å². The molecule has 5 nitrogen and oxygen atoms in total. The highest BCUT2D eigenvalue weighted by atomic mass is 32.1. The van der Waals surface area contributed by atoms with Crippen LogP contribution in [0.25, 0.3) is 5.76 Å². The lowest BCUT2D eigenvalue weighted by atomic mass is 9.85. The molecule has 6 heteroatoms. The monoisotopic (exact) mass is 382 g/mol. The predicted octanol–water partition coefficient (Wildman–Crippen LogP) is 4.05. The number of carbonyl (C=O) groups excluding carboxylic acids is 3. The van der Waals surface area contributed by atoms with Crippen molar-refractivity contribution in [3.63, 3.8) is 0 Å². The molecular weight excluding hydrogens is 364 g/mol. The molecule has 1 atom stereocenters. The number of ketones is 2. The maximum atomic E-state index is 12.7. The molecule has 2 heterocycles. The van der Waals surface area contributed by atoms with Crippen LogP contribution in [0.1, 0.15) is 56.3 Å². The summed E-state index contributed by atoms with van der Waals surface area (Å²) in [6.07, 6.45) is 0.321. The zero-order valence-corrected chi connectivity index (χ0v) is 16.1. The van der Waals surface area contributed by atoms with Gasteiger partial charge in [-0.15, -0.1) is 11.3 Å². The topological polar surface area (TPSA) is 69.7 Å². The SMILES string of the molecule is CCOC(=O)c1sc2c(c1C)C(=O)C(=O)C1=C2OC(C)(c2ccccc2)C1. The Morgan fingerprint density at radius 1 is 1.22 bits per heavy atom. The molecule has 0 saturated carbocycles. The number of rotatable bonds is 3. The minimum absolute atomic E-state index is 0.240. The van der Waals surface area contributed by atoms with Gasteiger partial charge in [0.05, 0.1) is 22.6 Å². The van der Waals surface area contributed by atoms with E-state index in [9.17, 15) is 14.4 Å². The van der Waals surface area contributed by atoms with Crippen LogP contribution in [0.5, 0.6) is 0 Å². The van der Waals surface area contributed by atoms with Crippen LogP contribution in [0.2, 0.25) is 0 Å². The van der Waals surface area contributed by atoms with Gasteiger partial charge in [-0.3, -0.25) is 9.59 Å². The van der Waals surface area contributed by atoms with Crippen molar-refractivity contribution >= 4 is 34.6 Å². The summed E-state index contributed by atoms with van der Waals surface area (Å²) in [7, 11) is 0. The van der Waals surface area contributed by atoms with Gasteiger partial charge in [-0.2, -0.15) is 0 Å². The van der Waals surface area contributed by atoms with Crippen LogP contribution in [0, 0.1) is 6.92 Å². The highest BCUT2D eigenvalue weighted by Gasteiger charge is 2.48. The second-order valence-corrected chi connectivity index (χ2v) is 7.84. The van der Waals surface area contributed by atoms with E-state index in [1.807, 2.05) is 37.3 Å². The fraction of sp³-hybridized carbons (Fsp3) is 0.286. The Morgan fingerprint density at radius 2 is 1.93 bits per heavy atom. The molecule has 0 N–H and O–H groups in total. The molecule has 27 heavy (non-hydrogen) atoms. The van der Waals surface area contributed by atoms with Gasteiger partial charge in [-0.1, -0.05) is 30.3 Å². The Balaban J connectivity index is 1.82. The van der Waals surface area contributed by atoms with Crippen LogP contribution in [0.15, 0.2) is 35.9 Å². The fourth-order valence-electron chi connectivity index (χ4n) is 3.65. The zero-order valence-electron chi connectivity index (χ0n) is 15.3. The Kier molecular flexibility index (Phi) is 4.03. The van der Waals surface area contributed by atoms with Crippen LogP contribution in [0.4, 0.5) is 0 Å². The summed E-state index contributed by atoms with van der Waals surface area (Å²) < 4.78 is 11.3. The van der Waals surface area contributed by atoms with Gasteiger partial charge in [0, 0.05) is 6.42 Å². The first-order chi connectivity index (χ1) is 12.9. The largest absolute Gasteiger partial charge is 0.481 e. The second kappa shape index (κ2) is 6.16. The molecule has 138 valence electrons. The summed E-state index contributed by atoms with van der Waals surface area (Å²) in [5.74, 6) is -1.19. The Morgan fingerprint density at radius 3 is 2.59 bits per heavy atom. The third-order valence-electron chi connectivity index (χ3n) is 5.02. The van der Waals surface area contributed by atoms with Crippen LogP contribution in [-0.4, -0.2) is 24.1 Å². The van der Waals surface area contributed by atoms with Crippen molar-refractivity contribution in [1.29, 1.82) is 0 Å². The highest BCUT2D eigenvalue weighted by molar-refractivity contribution is 7.16. The van der Waals surface area contributed by atoms with Crippen molar-refractivity contribution in [1.82, 2.24) is 0 Å². The van der Waals surface area contributed by atoms with E-state index in [0.717, 1.165) is 16.9 Å². The number of carbonyl (C=O) groups is 3. The molecule has 1 aliphatic heterocycles. The molecule has 2 aliphatic rings. The first-order valence-electron chi connectivity index (χ1n) is 8.75. The lowest BCUT2D eigenvalue weighted by molar-refractivity contribution is -0.112. The van der Waals surface area contributed by atoms with Crippen molar-refractivity contribution in [2.24, 2.45) is 0 Å². The zero-order chi connectivity index (χ0) is 19.3. The molecule has 1 aromatic heterocycles. The van der Waals surface area contributed by atoms with E-state index in [1.54, 1.807) is 13.8 Å². The van der Waals surface area contributed by atoms with E-state index in [2.05, 4.69) is 0 Å². The highest BCUT2D eigenvalue weighted by Crippen LogP contribution is 2.51. The van der Waals surface area contributed by atoms with Gasteiger partial charge in [-0.25, -0.2) is 4.79 Å². The lowest BCUT2D eigenvalue weighted by Gasteiger charge is -2.25. The number of thiophene rings is 1. The fourth-order valence-corrected chi connectivity index (χ4v) is 4.85. The van der Waals surface area contributed by atoms with Gasteiger partial charge in [0.15, 0.2) is 0 Å². The Bertz CT molecular complexity index is 1010. The third-order valence-corrected chi connectivity index (χ3v) is 6.29. The van der Waals surface area contributed by atoms with E-state index in [-0.39, 0.29) is 12.2 Å². The first kappa shape index (κ1) is 17.7. The summed E-state index contributed by atoms with van der Waals surface area (Å²) >= 11 is 1.16. The van der Waals surface area contributed by atoms with Crippen LogP contribution >= 0.6 is 11.3 Å². The molecule has 4 rings (SSSR count). The molecule has 0 bridgehead atoms. The maximum absolute atomic E-state index is 12.7. The predicted molar refractivity (Wildman–Crippen MR) is 101 cm³/mol. The van der Waals surface area contributed by atoms with Crippen molar-refractivity contribution in [3.8, 4) is 0 Å². The van der Waals surface area contributed by atoms with Crippen LogP contribution < -0.4 is 0 Å². The number of Topliss-reactive ketones (excluding diaryl/α,β-unsaturated/α-hetero) is 2. The summed E-state index contributed by atoms with van der Waals surface area (Å²) in [6.45, 7) is 5.54. The molecule has 0 fully saturated rings. The molecule has 1 aromatic carbocycles. The number of benzene rings is 1. The van der Waals surface area contributed by atoms with Crippen molar-refractivity contribution in [3.05, 3.63) is 62.3 Å². The third kappa shape index (κ3) is 2.55. The molecular formula is C21H18O5S. The van der Waals surface area contributed by atoms with E-state index >= 15 is 0 Å².